The Morgan fingerprint density at radius 1 is 1.37 bits per heavy atom. The number of imidazole rings is 1. The van der Waals surface area contributed by atoms with E-state index in [9.17, 15) is 4.79 Å². The maximum Gasteiger partial charge on any atom is 0.264 e. The molecule has 1 amide bonds. The highest BCUT2D eigenvalue weighted by Crippen LogP contribution is 2.40. The van der Waals surface area contributed by atoms with Crippen molar-refractivity contribution in [3.8, 4) is 0 Å². The number of amides is 1. The first-order chi connectivity index (χ1) is 12.8. The van der Waals surface area contributed by atoms with Gasteiger partial charge >= 0.3 is 0 Å². The van der Waals surface area contributed by atoms with E-state index >= 15 is 0 Å². The standard InChI is InChI=1S/C21H30N4OS/c1-21(2,3)15-5-6-17-14(11-15)12-18(27-17)20(26)25-10-7-22-13-16(25)19-23-8-9-24(19)4/h8-9,12,15-16,22H,5-7,10-11,13H2,1-4H3. The van der Waals surface area contributed by atoms with Crippen molar-refractivity contribution in [1.82, 2.24) is 19.8 Å². The van der Waals surface area contributed by atoms with E-state index in [1.807, 2.05) is 28.9 Å². The van der Waals surface area contributed by atoms with E-state index in [2.05, 4.69) is 37.1 Å². The number of piperazine rings is 1. The van der Waals surface area contributed by atoms with Gasteiger partial charge in [-0.2, -0.15) is 0 Å². The summed E-state index contributed by atoms with van der Waals surface area (Å²) in [6.07, 6.45) is 7.20. The summed E-state index contributed by atoms with van der Waals surface area (Å²) in [4.78, 5) is 22.2. The Morgan fingerprint density at radius 2 is 2.19 bits per heavy atom. The molecule has 6 heteroatoms. The van der Waals surface area contributed by atoms with Crippen LogP contribution in [0.5, 0.6) is 0 Å². The highest BCUT2D eigenvalue weighted by Gasteiger charge is 2.34. The quantitative estimate of drug-likeness (QED) is 0.860. The van der Waals surface area contributed by atoms with E-state index < -0.39 is 0 Å². The summed E-state index contributed by atoms with van der Waals surface area (Å²) in [7, 11) is 2.00. The third-order valence-electron chi connectivity index (χ3n) is 6.18. The van der Waals surface area contributed by atoms with Crippen LogP contribution < -0.4 is 5.32 Å². The summed E-state index contributed by atoms with van der Waals surface area (Å²) < 4.78 is 2.02. The van der Waals surface area contributed by atoms with Crippen molar-refractivity contribution in [2.24, 2.45) is 18.4 Å². The minimum absolute atomic E-state index is 0.00676. The molecule has 4 rings (SSSR count). The van der Waals surface area contributed by atoms with Gasteiger partial charge in [-0.25, -0.2) is 4.98 Å². The lowest BCUT2D eigenvalue weighted by Crippen LogP contribution is -2.49. The molecule has 0 radical (unpaired) electrons. The van der Waals surface area contributed by atoms with Crippen molar-refractivity contribution in [1.29, 1.82) is 0 Å². The predicted octanol–water partition coefficient (Wildman–Crippen LogP) is 3.42. The molecular formula is C21H30N4OS. The maximum atomic E-state index is 13.4. The lowest BCUT2D eigenvalue weighted by Gasteiger charge is -2.35. The van der Waals surface area contributed by atoms with Gasteiger partial charge in [0.05, 0.1) is 4.88 Å². The summed E-state index contributed by atoms with van der Waals surface area (Å²) in [6.45, 7) is 9.32. The molecule has 0 aromatic carbocycles. The molecule has 2 atom stereocenters. The minimum Gasteiger partial charge on any atom is -0.336 e. The molecule has 3 heterocycles. The van der Waals surface area contributed by atoms with Gasteiger partial charge < -0.3 is 14.8 Å². The summed E-state index contributed by atoms with van der Waals surface area (Å²) >= 11 is 1.71. The molecule has 1 aliphatic carbocycles. The van der Waals surface area contributed by atoms with Gasteiger partial charge in [0.2, 0.25) is 0 Å². The number of aryl methyl sites for hydroxylation is 2. The molecule has 1 aliphatic heterocycles. The van der Waals surface area contributed by atoms with Crippen LogP contribution in [0.25, 0.3) is 0 Å². The zero-order chi connectivity index (χ0) is 19.2. The van der Waals surface area contributed by atoms with Gasteiger partial charge in [0, 0.05) is 44.0 Å². The first-order valence-electron chi connectivity index (χ1n) is 9.95. The van der Waals surface area contributed by atoms with E-state index in [1.165, 1.54) is 16.9 Å². The molecule has 2 aromatic heterocycles. The van der Waals surface area contributed by atoms with Gasteiger partial charge in [0.1, 0.15) is 11.9 Å². The number of thiophene rings is 1. The molecule has 2 unspecified atom stereocenters. The second-order valence-electron chi connectivity index (χ2n) is 8.98. The first kappa shape index (κ1) is 18.7. The van der Waals surface area contributed by atoms with Crippen LogP contribution in [0, 0.1) is 11.3 Å². The van der Waals surface area contributed by atoms with Gasteiger partial charge in [-0.3, -0.25) is 4.79 Å². The summed E-state index contributed by atoms with van der Waals surface area (Å²) in [6, 6.07) is 2.17. The van der Waals surface area contributed by atoms with E-state index in [-0.39, 0.29) is 11.9 Å². The number of hydrogen-bond donors (Lipinski definition) is 1. The molecule has 1 fully saturated rings. The number of rotatable bonds is 2. The number of fused-ring (bicyclic) bond motifs is 1. The van der Waals surface area contributed by atoms with Crippen molar-refractivity contribution in [2.45, 2.75) is 46.1 Å². The Hall–Kier alpha value is -1.66. The predicted molar refractivity (Wildman–Crippen MR) is 109 cm³/mol. The van der Waals surface area contributed by atoms with Crippen LogP contribution >= 0.6 is 11.3 Å². The Bertz CT molecular complexity index is 832. The van der Waals surface area contributed by atoms with E-state index in [0.717, 1.165) is 43.2 Å². The van der Waals surface area contributed by atoms with Crippen LogP contribution in [-0.2, 0) is 19.9 Å². The van der Waals surface area contributed by atoms with Crippen LogP contribution in [0.1, 0.15) is 59.2 Å². The van der Waals surface area contributed by atoms with Crippen molar-refractivity contribution in [3.05, 3.63) is 39.6 Å². The molecule has 0 spiro atoms. The number of carbonyl (C=O) groups is 1. The molecular weight excluding hydrogens is 356 g/mol. The van der Waals surface area contributed by atoms with E-state index in [4.69, 9.17) is 0 Å². The maximum absolute atomic E-state index is 13.4. The summed E-state index contributed by atoms with van der Waals surface area (Å²) in [5.41, 5.74) is 1.73. The van der Waals surface area contributed by atoms with E-state index in [0.29, 0.717) is 11.3 Å². The average molecular weight is 387 g/mol. The fourth-order valence-corrected chi connectivity index (χ4v) is 5.55. The fraction of sp³-hybridized carbons (Fsp3) is 0.619. The van der Waals surface area contributed by atoms with Crippen LogP contribution in [-0.4, -0.2) is 40.0 Å². The molecule has 0 bridgehead atoms. The van der Waals surface area contributed by atoms with Gasteiger partial charge in [-0.1, -0.05) is 20.8 Å². The van der Waals surface area contributed by atoms with Crippen molar-refractivity contribution >= 4 is 17.2 Å². The molecule has 2 aromatic rings. The topological polar surface area (TPSA) is 50.2 Å². The monoisotopic (exact) mass is 386 g/mol. The second-order valence-corrected chi connectivity index (χ2v) is 10.1. The van der Waals surface area contributed by atoms with Gasteiger partial charge in [0.25, 0.3) is 5.91 Å². The lowest BCUT2D eigenvalue weighted by atomic mass is 9.72. The molecule has 146 valence electrons. The third kappa shape index (κ3) is 3.57. The zero-order valence-corrected chi connectivity index (χ0v) is 17.6. The highest BCUT2D eigenvalue weighted by molar-refractivity contribution is 7.14. The lowest BCUT2D eigenvalue weighted by molar-refractivity contribution is 0.0626. The largest absolute Gasteiger partial charge is 0.336 e. The molecule has 1 N–H and O–H groups in total. The third-order valence-corrected chi connectivity index (χ3v) is 7.40. The second kappa shape index (κ2) is 7.06. The van der Waals surface area contributed by atoms with Crippen molar-refractivity contribution in [2.75, 3.05) is 19.6 Å². The van der Waals surface area contributed by atoms with Crippen LogP contribution in [0.15, 0.2) is 18.5 Å². The zero-order valence-electron chi connectivity index (χ0n) is 16.8. The average Bonchev–Trinajstić information content (AvgIpc) is 3.25. The molecule has 5 nitrogen and oxygen atoms in total. The van der Waals surface area contributed by atoms with Crippen molar-refractivity contribution < 1.29 is 4.79 Å². The first-order valence-corrected chi connectivity index (χ1v) is 10.8. The smallest absolute Gasteiger partial charge is 0.264 e. The van der Waals surface area contributed by atoms with Gasteiger partial charge in [-0.05, 0) is 42.2 Å². The minimum atomic E-state index is -0.00676. The highest BCUT2D eigenvalue weighted by atomic mass is 32.1. The van der Waals surface area contributed by atoms with Gasteiger partial charge in [0.15, 0.2) is 0 Å². The number of hydrogen-bond acceptors (Lipinski definition) is 4. The van der Waals surface area contributed by atoms with Crippen LogP contribution in [0.3, 0.4) is 0 Å². The Labute approximate surface area is 165 Å². The number of aromatic nitrogens is 2. The van der Waals surface area contributed by atoms with Crippen LogP contribution in [0.4, 0.5) is 0 Å². The Morgan fingerprint density at radius 3 is 2.89 bits per heavy atom. The fourth-order valence-electron chi connectivity index (χ4n) is 4.39. The molecule has 0 saturated carbocycles. The summed E-state index contributed by atoms with van der Waals surface area (Å²) in [5, 5.41) is 3.41. The molecule has 2 aliphatic rings. The normalized spacial score (nSPS) is 23.3. The van der Waals surface area contributed by atoms with Gasteiger partial charge in [-0.15, -0.1) is 11.3 Å². The number of nitrogens with zero attached hydrogens (tertiary/aromatic N) is 3. The number of carbonyl (C=O) groups excluding carboxylic acids is 1. The van der Waals surface area contributed by atoms with Crippen molar-refractivity contribution in [3.63, 3.8) is 0 Å². The van der Waals surface area contributed by atoms with Crippen LogP contribution in [0.2, 0.25) is 0 Å². The number of nitrogens with one attached hydrogen (secondary N) is 1. The Kier molecular flexibility index (Phi) is 4.89. The van der Waals surface area contributed by atoms with E-state index in [1.54, 1.807) is 11.3 Å². The molecule has 1 saturated heterocycles. The molecule has 27 heavy (non-hydrogen) atoms. The summed E-state index contributed by atoms with van der Waals surface area (Å²) in [5.74, 6) is 1.81. The SMILES string of the molecule is Cn1ccnc1C1CNCCN1C(=O)c1cc2c(s1)CCC(C(C)(C)C)C2. The Balaban J connectivity index is 1.58.